The van der Waals surface area contributed by atoms with Crippen molar-refractivity contribution in [1.29, 1.82) is 0 Å². The van der Waals surface area contributed by atoms with Gasteiger partial charge in [0.2, 0.25) is 0 Å². The van der Waals surface area contributed by atoms with E-state index in [0.29, 0.717) is 22.4 Å². The number of carbonyl (C=O) groups excluding carboxylic acids is 2. The number of methoxy groups -OCH3 is 3. The van der Waals surface area contributed by atoms with Gasteiger partial charge in [-0.05, 0) is 41.6 Å². The molecule has 0 aliphatic carbocycles. The topological polar surface area (TPSA) is 77.4 Å². The van der Waals surface area contributed by atoms with Gasteiger partial charge >= 0.3 is 5.97 Å². The van der Waals surface area contributed by atoms with Crippen molar-refractivity contribution in [2.24, 2.45) is 4.99 Å². The number of rotatable bonds is 6. The van der Waals surface area contributed by atoms with Crippen LogP contribution >= 0.6 is 11.8 Å². The molecule has 7 nitrogen and oxygen atoms in total. The normalized spacial score (nSPS) is 16.4. The second-order valence-electron chi connectivity index (χ2n) is 5.94. The molecule has 3 rings (SSSR count). The molecule has 29 heavy (non-hydrogen) atoms. The third-order valence-electron chi connectivity index (χ3n) is 4.11. The van der Waals surface area contributed by atoms with E-state index < -0.39 is 5.97 Å². The maximum atomic E-state index is 12.9. The highest BCUT2D eigenvalue weighted by molar-refractivity contribution is 8.18. The van der Waals surface area contributed by atoms with Crippen molar-refractivity contribution < 1.29 is 23.8 Å². The van der Waals surface area contributed by atoms with Crippen molar-refractivity contribution in [1.82, 2.24) is 4.90 Å². The van der Waals surface area contributed by atoms with Crippen molar-refractivity contribution in [3.8, 4) is 11.5 Å². The number of amidine groups is 1. The SMILES string of the molecule is COC(=O)C=C1SC(=Nc2ccccc2)N(Cc2ccc(OC)c(OC)c2)C1=O. The average Bonchev–Trinajstić information content (AvgIpc) is 3.02. The first-order valence-corrected chi connectivity index (χ1v) is 9.51. The zero-order valence-electron chi connectivity index (χ0n) is 16.2. The molecule has 1 saturated heterocycles. The van der Waals surface area contributed by atoms with Gasteiger partial charge < -0.3 is 14.2 Å². The van der Waals surface area contributed by atoms with E-state index in [9.17, 15) is 9.59 Å². The van der Waals surface area contributed by atoms with Crippen molar-refractivity contribution in [2.45, 2.75) is 6.54 Å². The molecular formula is C21H20N2O5S. The number of carbonyl (C=O) groups is 2. The molecule has 0 radical (unpaired) electrons. The van der Waals surface area contributed by atoms with E-state index in [1.54, 1.807) is 26.4 Å². The third-order valence-corrected chi connectivity index (χ3v) is 5.11. The standard InChI is InChI=1S/C21H20N2O5S/c1-26-16-10-9-14(11-17(16)27-2)13-23-20(25)18(12-19(24)28-3)29-21(23)22-15-7-5-4-6-8-15/h4-12H,13H2,1-3H3. The van der Waals surface area contributed by atoms with Gasteiger partial charge in [0.1, 0.15) is 0 Å². The number of esters is 1. The van der Waals surface area contributed by atoms with E-state index in [0.717, 1.165) is 17.3 Å². The van der Waals surface area contributed by atoms with Gasteiger partial charge in [-0.1, -0.05) is 24.3 Å². The van der Waals surface area contributed by atoms with E-state index in [2.05, 4.69) is 9.73 Å². The second kappa shape index (κ2) is 9.29. The molecule has 0 spiro atoms. The van der Waals surface area contributed by atoms with E-state index in [1.165, 1.54) is 18.1 Å². The van der Waals surface area contributed by atoms with Gasteiger partial charge in [0.05, 0.1) is 38.5 Å². The van der Waals surface area contributed by atoms with Crippen molar-refractivity contribution >= 4 is 34.5 Å². The van der Waals surface area contributed by atoms with E-state index in [-0.39, 0.29) is 17.4 Å². The van der Waals surface area contributed by atoms with E-state index >= 15 is 0 Å². The quantitative estimate of drug-likeness (QED) is 0.534. The molecule has 0 unspecified atom stereocenters. The summed E-state index contributed by atoms with van der Waals surface area (Å²) in [5, 5.41) is 0.478. The summed E-state index contributed by atoms with van der Waals surface area (Å²) in [5.41, 5.74) is 1.54. The van der Waals surface area contributed by atoms with Crippen LogP contribution in [0.2, 0.25) is 0 Å². The number of hydrogen-bond acceptors (Lipinski definition) is 7. The lowest BCUT2D eigenvalue weighted by Gasteiger charge is -2.17. The molecule has 0 N–H and O–H groups in total. The minimum atomic E-state index is -0.590. The Morgan fingerprint density at radius 2 is 1.79 bits per heavy atom. The number of aliphatic imine (C=N–C) groups is 1. The summed E-state index contributed by atoms with van der Waals surface area (Å²) in [4.78, 5) is 30.9. The highest BCUT2D eigenvalue weighted by atomic mass is 32.2. The Morgan fingerprint density at radius 3 is 2.45 bits per heavy atom. The fourth-order valence-corrected chi connectivity index (χ4v) is 3.63. The summed E-state index contributed by atoms with van der Waals surface area (Å²) in [6, 6.07) is 14.7. The summed E-state index contributed by atoms with van der Waals surface area (Å²) >= 11 is 1.13. The molecule has 1 aliphatic heterocycles. The van der Waals surface area contributed by atoms with Gasteiger partial charge in [-0.3, -0.25) is 9.69 Å². The van der Waals surface area contributed by atoms with Crippen LogP contribution in [0.5, 0.6) is 11.5 Å². The van der Waals surface area contributed by atoms with Crippen molar-refractivity contribution in [2.75, 3.05) is 21.3 Å². The van der Waals surface area contributed by atoms with E-state index in [4.69, 9.17) is 9.47 Å². The zero-order chi connectivity index (χ0) is 20.8. The Morgan fingerprint density at radius 1 is 1.07 bits per heavy atom. The number of benzene rings is 2. The molecule has 8 heteroatoms. The summed E-state index contributed by atoms with van der Waals surface area (Å²) in [6.45, 7) is 0.260. The lowest BCUT2D eigenvalue weighted by molar-refractivity contribution is -0.135. The minimum Gasteiger partial charge on any atom is -0.493 e. The van der Waals surface area contributed by atoms with Crippen LogP contribution in [0.1, 0.15) is 5.56 Å². The van der Waals surface area contributed by atoms with Crippen LogP contribution in [0.15, 0.2) is 64.5 Å². The van der Waals surface area contributed by atoms with E-state index in [1.807, 2.05) is 36.4 Å². The molecule has 1 heterocycles. The van der Waals surface area contributed by atoms with Crippen LogP contribution in [-0.4, -0.2) is 43.3 Å². The monoisotopic (exact) mass is 412 g/mol. The second-order valence-corrected chi connectivity index (χ2v) is 6.95. The number of para-hydroxylation sites is 1. The Balaban J connectivity index is 1.96. The largest absolute Gasteiger partial charge is 0.493 e. The Labute approximate surface area is 173 Å². The van der Waals surface area contributed by atoms with Gasteiger partial charge in [0.25, 0.3) is 5.91 Å². The summed E-state index contributed by atoms with van der Waals surface area (Å²) in [7, 11) is 4.38. The maximum Gasteiger partial charge on any atom is 0.331 e. The molecule has 1 fully saturated rings. The molecular weight excluding hydrogens is 392 g/mol. The summed E-state index contributed by atoms with van der Waals surface area (Å²) < 4.78 is 15.3. The molecule has 0 atom stereocenters. The first kappa shape index (κ1) is 20.5. The Hall–Kier alpha value is -3.26. The lowest BCUT2D eigenvalue weighted by Crippen LogP contribution is -2.28. The van der Waals surface area contributed by atoms with Crippen molar-refractivity contribution in [3.63, 3.8) is 0 Å². The third kappa shape index (κ3) is 4.78. The number of thioether (sulfide) groups is 1. The average molecular weight is 412 g/mol. The fourth-order valence-electron chi connectivity index (χ4n) is 2.67. The van der Waals surface area contributed by atoms with Crippen molar-refractivity contribution in [3.05, 3.63) is 65.1 Å². The highest BCUT2D eigenvalue weighted by Crippen LogP contribution is 2.35. The molecule has 150 valence electrons. The Bertz CT molecular complexity index is 972. The number of hydrogen-bond donors (Lipinski definition) is 0. The molecule has 0 aromatic heterocycles. The predicted octanol–water partition coefficient (Wildman–Crippen LogP) is 3.52. The fraction of sp³-hybridized carbons (Fsp3) is 0.190. The van der Waals surface area contributed by atoms with Gasteiger partial charge in [0, 0.05) is 6.08 Å². The van der Waals surface area contributed by atoms with Gasteiger partial charge in [0.15, 0.2) is 16.7 Å². The van der Waals surface area contributed by atoms with Crippen LogP contribution < -0.4 is 9.47 Å². The minimum absolute atomic E-state index is 0.256. The number of nitrogens with zero attached hydrogens (tertiary/aromatic N) is 2. The van der Waals surface area contributed by atoms with Crippen LogP contribution in [0, 0.1) is 0 Å². The molecule has 0 bridgehead atoms. The van der Waals surface area contributed by atoms with Crippen LogP contribution in [-0.2, 0) is 20.9 Å². The summed E-state index contributed by atoms with van der Waals surface area (Å²) in [5.74, 6) is 0.261. The lowest BCUT2D eigenvalue weighted by atomic mass is 10.2. The summed E-state index contributed by atoms with van der Waals surface area (Å²) in [6.07, 6.45) is 1.18. The maximum absolute atomic E-state index is 12.9. The number of amides is 1. The molecule has 1 aliphatic rings. The van der Waals surface area contributed by atoms with Crippen LogP contribution in [0.25, 0.3) is 0 Å². The molecule has 2 aromatic carbocycles. The molecule has 2 aromatic rings. The highest BCUT2D eigenvalue weighted by Gasteiger charge is 2.34. The zero-order valence-corrected chi connectivity index (χ0v) is 17.1. The molecule has 1 amide bonds. The van der Waals surface area contributed by atoms with Gasteiger partial charge in [-0.2, -0.15) is 0 Å². The smallest absolute Gasteiger partial charge is 0.331 e. The Kier molecular flexibility index (Phi) is 6.56. The van der Waals surface area contributed by atoms with Crippen LogP contribution in [0.3, 0.4) is 0 Å². The first-order valence-electron chi connectivity index (χ1n) is 8.69. The first-order chi connectivity index (χ1) is 14.0. The predicted molar refractivity (Wildman–Crippen MR) is 111 cm³/mol. The van der Waals surface area contributed by atoms with Gasteiger partial charge in [-0.25, -0.2) is 9.79 Å². The molecule has 0 saturated carbocycles. The van der Waals surface area contributed by atoms with Crippen LogP contribution in [0.4, 0.5) is 5.69 Å². The number of ether oxygens (including phenoxy) is 3. The van der Waals surface area contributed by atoms with Gasteiger partial charge in [-0.15, -0.1) is 0 Å².